The van der Waals surface area contributed by atoms with Crippen LogP contribution in [-0.4, -0.2) is 4.57 Å². The van der Waals surface area contributed by atoms with Crippen molar-refractivity contribution in [3.63, 3.8) is 0 Å². The molecule has 4 heteroatoms. The van der Waals surface area contributed by atoms with E-state index in [4.69, 9.17) is 4.42 Å². The van der Waals surface area contributed by atoms with Crippen LogP contribution >= 0.6 is 0 Å². The molecule has 0 atom stereocenters. The maximum absolute atomic E-state index is 13.7. The Balaban J connectivity index is 2.39. The van der Waals surface area contributed by atoms with E-state index in [9.17, 15) is 9.18 Å². The molecule has 0 aliphatic heterocycles. The molecule has 3 aromatic rings. The number of nitrogens with zero attached hydrogens (tertiary/aromatic N) is 1. The molecule has 17 heavy (non-hydrogen) atoms. The van der Waals surface area contributed by atoms with Crippen LogP contribution in [0.4, 0.5) is 4.39 Å². The van der Waals surface area contributed by atoms with Crippen molar-refractivity contribution in [2.24, 2.45) is 0 Å². The van der Waals surface area contributed by atoms with E-state index in [0.717, 1.165) is 6.20 Å². The first kappa shape index (κ1) is 9.84. The predicted molar refractivity (Wildman–Crippen MR) is 61.8 cm³/mol. The number of pyridine rings is 1. The van der Waals surface area contributed by atoms with Gasteiger partial charge >= 0.3 is 0 Å². The third-order valence-electron chi connectivity index (χ3n) is 2.61. The van der Waals surface area contributed by atoms with Crippen molar-refractivity contribution in [3.8, 4) is 5.69 Å². The summed E-state index contributed by atoms with van der Waals surface area (Å²) in [4.78, 5) is 12.1. The van der Waals surface area contributed by atoms with Crippen LogP contribution in [-0.2, 0) is 0 Å². The molecule has 3 rings (SSSR count). The molecule has 0 radical (unpaired) electrons. The van der Waals surface area contributed by atoms with Gasteiger partial charge in [0.15, 0.2) is 11.4 Å². The molecule has 1 aromatic carbocycles. The first-order valence-corrected chi connectivity index (χ1v) is 5.11. The molecule has 0 aliphatic rings. The zero-order valence-corrected chi connectivity index (χ0v) is 8.76. The highest BCUT2D eigenvalue weighted by atomic mass is 19.1. The van der Waals surface area contributed by atoms with E-state index in [0.29, 0.717) is 5.69 Å². The summed E-state index contributed by atoms with van der Waals surface area (Å²) in [7, 11) is 0. The topological polar surface area (TPSA) is 35.1 Å². The van der Waals surface area contributed by atoms with E-state index in [2.05, 4.69) is 0 Å². The Labute approximate surface area is 95.7 Å². The van der Waals surface area contributed by atoms with Crippen LogP contribution in [0.1, 0.15) is 0 Å². The molecule has 0 saturated carbocycles. The van der Waals surface area contributed by atoms with Crippen molar-refractivity contribution in [3.05, 3.63) is 65.0 Å². The average molecular weight is 229 g/mol. The lowest BCUT2D eigenvalue weighted by Gasteiger charge is -2.05. The number of rotatable bonds is 1. The van der Waals surface area contributed by atoms with Crippen molar-refractivity contribution >= 4 is 11.0 Å². The smallest absolute Gasteiger partial charge is 0.266 e. The van der Waals surface area contributed by atoms with Crippen LogP contribution in [0.25, 0.3) is 16.7 Å². The summed E-state index contributed by atoms with van der Waals surface area (Å²) in [5, 5.41) is 0.244. The number of hydrogen-bond donors (Lipinski definition) is 0. The third kappa shape index (κ3) is 1.45. The van der Waals surface area contributed by atoms with Gasteiger partial charge in [-0.1, -0.05) is 18.2 Å². The SMILES string of the molecule is O=c1c2ccoc2c(F)cn1-c1ccccc1. The normalized spacial score (nSPS) is 10.9. The Hall–Kier alpha value is -2.36. The van der Waals surface area contributed by atoms with Crippen LogP contribution < -0.4 is 5.56 Å². The fourth-order valence-electron chi connectivity index (χ4n) is 1.80. The van der Waals surface area contributed by atoms with Gasteiger partial charge in [0.2, 0.25) is 0 Å². The number of aromatic nitrogens is 1. The second-order valence-electron chi connectivity index (χ2n) is 3.65. The molecule has 0 saturated heterocycles. The number of benzene rings is 1. The van der Waals surface area contributed by atoms with Crippen LogP contribution in [0.5, 0.6) is 0 Å². The highest BCUT2D eigenvalue weighted by Crippen LogP contribution is 2.16. The largest absolute Gasteiger partial charge is 0.461 e. The van der Waals surface area contributed by atoms with E-state index in [-0.39, 0.29) is 16.5 Å². The second kappa shape index (κ2) is 3.59. The Kier molecular flexibility index (Phi) is 2.08. The zero-order valence-electron chi connectivity index (χ0n) is 8.76. The van der Waals surface area contributed by atoms with Crippen molar-refractivity contribution in [2.75, 3.05) is 0 Å². The predicted octanol–water partition coefficient (Wildman–Crippen LogP) is 2.72. The number of hydrogen-bond acceptors (Lipinski definition) is 2. The van der Waals surface area contributed by atoms with Crippen LogP contribution in [0.3, 0.4) is 0 Å². The van der Waals surface area contributed by atoms with Crippen molar-refractivity contribution in [1.29, 1.82) is 0 Å². The lowest BCUT2D eigenvalue weighted by Crippen LogP contribution is -2.18. The molecule has 3 nitrogen and oxygen atoms in total. The maximum atomic E-state index is 13.7. The van der Waals surface area contributed by atoms with Crippen molar-refractivity contribution in [1.82, 2.24) is 4.57 Å². The number of fused-ring (bicyclic) bond motifs is 1. The van der Waals surface area contributed by atoms with Crippen molar-refractivity contribution in [2.45, 2.75) is 0 Å². The summed E-state index contributed by atoms with van der Waals surface area (Å²) < 4.78 is 19.9. The van der Waals surface area contributed by atoms with Gasteiger partial charge in [-0.15, -0.1) is 0 Å². The van der Waals surface area contributed by atoms with Crippen LogP contribution in [0, 0.1) is 5.82 Å². The zero-order chi connectivity index (χ0) is 11.8. The minimum Gasteiger partial charge on any atom is -0.461 e. The molecule has 0 spiro atoms. The molecule has 0 amide bonds. The van der Waals surface area contributed by atoms with Crippen molar-refractivity contribution < 1.29 is 8.81 Å². The van der Waals surface area contributed by atoms with E-state index in [1.165, 1.54) is 16.9 Å². The minimum atomic E-state index is -0.548. The number of para-hydroxylation sites is 1. The molecule has 0 bridgehead atoms. The molecule has 0 aliphatic carbocycles. The molecule has 2 aromatic heterocycles. The Morgan fingerprint density at radius 1 is 1.12 bits per heavy atom. The molecular weight excluding hydrogens is 221 g/mol. The number of furan rings is 1. The fourth-order valence-corrected chi connectivity index (χ4v) is 1.80. The maximum Gasteiger partial charge on any atom is 0.266 e. The molecule has 0 fully saturated rings. The Morgan fingerprint density at radius 3 is 2.65 bits per heavy atom. The van der Waals surface area contributed by atoms with Gasteiger partial charge in [0.1, 0.15) is 0 Å². The van der Waals surface area contributed by atoms with Gasteiger partial charge in [0.05, 0.1) is 17.8 Å². The standard InChI is InChI=1S/C13H8FNO2/c14-11-8-15(9-4-2-1-3-5-9)13(16)10-6-7-17-12(10)11/h1-8H. The van der Waals surface area contributed by atoms with E-state index >= 15 is 0 Å². The van der Waals surface area contributed by atoms with Gasteiger partial charge in [-0.2, -0.15) is 0 Å². The van der Waals surface area contributed by atoms with Gasteiger partial charge in [0.25, 0.3) is 5.56 Å². The Bertz CT molecular complexity index is 728. The lowest BCUT2D eigenvalue weighted by atomic mass is 10.2. The summed E-state index contributed by atoms with van der Waals surface area (Å²) in [5.41, 5.74) is 0.336. The summed E-state index contributed by atoms with van der Waals surface area (Å²) in [6, 6.07) is 10.4. The van der Waals surface area contributed by atoms with Gasteiger partial charge in [-0.25, -0.2) is 4.39 Å². The third-order valence-corrected chi connectivity index (χ3v) is 2.61. The Morgan fingerprint density at radius 2 is 1.88 bits per heavy atom. The van der Waals surface area contributed by atoms with Crippen LogP contribution in [0.15, 0.2) is 58.1 Å². The quantitative estimate of drug-likeness (QED) is 0.643. The van der Waals surface area contributed by atoms with Gasteiger partial charge in [0, 0.05) is 5.69 Å². The highest BCUT2D eigenvalue weighted by Gasteiger charge is 2.11. The monoisotopic (exact) mass is 229 g/mol. The molecular formula is C13H8FNO2. The average Bonchev–Trinajstić information content (AvgIpc) is 2.85. The first-order chi connectivity index (χ1) is 8.27. The summed E-state index contributed by atoms with van der Waals surface area (Å²) in [6.07, 6.45) is 2.45. The summed E-state index contributed by atoms with van der Waals surface area (Å²) >= 11 is 0. The van der Waals surface area contributed by atoms with Gasteiger partial charge < -0.3 is 4.42 Å². The lowest BCUT2D eigenvalue weighted by molar-refractivity contribution is 0.553. The summed E-state index contributed by atoms with van der Waals surface area (Å²) in [6.45, 7) is 0. The van der Waals surface area contributed by atoms with Gasteiger partial charge in [-0.05, 0) is 18.2 Å². The van der Waals surface area contributed by atoms with E-state index < -0.39 is 5.82 Å². The second-order valence-corrected chi connectivity index (χ2v) is 3.65. The van der Waals surface area contributed by atoms with Gasteiger partial charge in [-0.3, -0.25) is 9.36 Å². The van der Waals surface area contributed by atoms with E-state index in [1.807, 2.05) is 6.07 Å². The summed E-state index contributed by atoms with van der Waals surface area (Å²) in [5.74, 6) is -0.548. The molecule has 0 unspecified atom stereocenters. The molecule has 0 N–H and O–H groups in total. The van der Waals surface area contributed by atoms with Crippen LogP contribution in [0.2, 0.25) is 0 Å². The van der Waals surface area contributed by atoms with E-state index in [1.54, 1.807) is 24.3 Å². The number of halogens is 1. The minimum absolute atomic E-state index is 0.00202. The molecule has 2 heterocycles. The fraction of sp³-hybridized carbons (Fsp3) is 0. The molecule has 84 valence electrons. The highest BCUT2D eigenvalue weighted by molar-refractivity contribution is 5.76. The first-order valence-electron chi connectivity index (χ1n) is 5.11.